The maximum absolute atomic E-state index is 11.7. The summed E-state index contributed by atoms with van der Waals surface area (Å²) in [6, 6.07) is 5.64. The molecule has 1 saturated heterocycles. The van der Waals surface area contributed by atoms with Crippen LogP contribution in [-0.4, -0.2) is 46.5 Å². The first kappa shape index (κ1) is 21.6. The largest absolute Gasteiger partial charge is 0.366 e. The van der Waals surface area contributed by atoms with Crippen LogP contribution in [-0.2, 0) is 0 Å². The monoisotopic (exact) mass is 462 g/mol. The molecular weight excluding hydrogens is 428 g/mol. The van der Waals surface area contributed by atoms with Crippen molar-refractivity contribution in [1.82, 2.24) is 20.3 Å². The fraction of sp³-hybridized carbons (Fsp3) is 0.600. The van der Waals surface area contributed by atoms with E-state index in [9.17, 15) is 4.79 Å². The van der Waals surface area contributed by atoms with Gasteiger partial charge in [0.25, 0.3) is 0 Å². The highest BCUT2D eigenvalue weighted by Gasteiger charge is 2.57. The maximum atomic E-state index is 11.7. The predicted molar refractivity (Wildman–Crippen MR) is 132 cm³/mol. The molecule has 9 heteroatoms. The summed E-state index contributed by atoms with van der Waals surface area (Å²) < 4.78 is 0. The van der Waals surface area contributed by atoms with E-state index in [1.807, 2.05) is 13.0 Å². The Morgan fingerprint density at radius 1 is 1.12 bits per heavy atom. The number of hydrogen-bond donors (Lipinski definition) is 5. The number of nitrogens with zero attached hydrogens (tertiary/aromatic N) is 3. The summed E-state index contributed by atoms with van der Waals surface area (Å²) in [5, 5.41) is 13.7. The van der Waals surface area contributed by atoms with Gasteiger partial charge in [0, 0.05) is 30.4 Å². The lowest BCUT2D eigenvalue weighted by atomic mass is 9.75. The smallest absolute Gasteiger partial charge is 0.248 e. The number of carbonyl (C=O) groups is 1. The number of primary amides is 1. The Hall–Kier alpha value is -2.94. The lowest BCUT2D eigenvalue weighted by Crippen LogP contribution is -2.32. The van der Waals surface area contributed by atoms with E-state index in [0.717, 1.165) is 55.1 Å². The Labute approximate surface area is 200 Å². The lowest BCUT2D eigenvalue weighted by Gasteiger charge is -2.33. The molecule has 9 nitrogen and oxygen atoms in total. The highest BCUT2D eigenvalue weighted by Crippen LogP contribution is 2.65. The van der Waals surface area contributed by atoms with Gasteiger partial charge in [-0.1, -0.05) is 6.07 Å². The minimum Gasteiger partial charge on any atom is -0.366 e. The van der Waals surface area contributed by atoms with Crippen LogP contribution in [0.3, 0.4) is 0 Å². The molecule has 1 aliphatic heterocycles. The molecule has 0 spiro atoms. The first-order valence-corrected chi connectivity index (χ1v) is 12.6. The van der Waals surface area contributed by atoms with Crippen LogP contribution in [0.15, 0.2) is 18.2 Å². The fourth-order valence-electron chi connectivity index (χ4n) is 7.07. The van der Waals surface area contributed by atoms with Crippen LogP contribution in [0, 0.1) is 30.1 Å². The number of anilines is 4. The fourth-order valence-corrected chi connectivity index (χ4v) is 7.07. The van der Waals surface area contributed by atoms with Crippen molar-refractivity contribution < 1.29 is 4.79 Å². The molecular formula is C25H34N8O. The molecule has 0 radical (unpaired) electrons. The number of aromatic nitrogens is 3. The Morgan fingerprint density at radius 2 is 1.88 bits per heavy atom. The van der Waals surface area contributed by atoms with Crippen molar-refractivity contribution >= 4 is 29.4 Å². The molecule has 180 valence electrons. The molecule has 2 aromatic rings. The molecule has 2 heterocycles. The molecule has 4 aliphatic carbocycles. The molecule has 4 bridgehead atoms. The lowest BCUT2D eigenvalue weighted by molar-refractivity contribution is 0.100. The highest BCUT2D eigenvalue weighted by molar-refractivity contribution is 5.94. The molecule has 3 atom stereocenters. The molecule has 1 aromatic carbocycles. The zero-order valence-electron chi connectivity index (χ0n) is 19.7. The zero-order chi connectivity index (χ0) is 23.3. The van der Waals surface area contributed by atoms with Crippen molar-refractivity contribution in [2.75, 3.05) is 35.6 Å². The average Bonchev–Trinajstić information content (AvgIpc) is 3.46. The first-order valence-electron chi connectivity index (χ1n) is 12.6. The summed E-state index contributed by atoms with van der Waals surface area (Å²) in [4.78, 5) is 25.7. The van der Waals surface area contributed by atoms with Crippen molar-refractivity contribution in [2.24, 2.45) is 28.9 Å². The van der Waals surface area contributed by atoms with E-state index < -0.39 is 5.91 Å². The van der Waals surface area contributed by atoms with Crippen LogP contribution in [0.25, 0.3) is 0 Å². The van der Waals surface area contributed by atoms with Crippen LogP contribution < -0.4 is 27.0 Å². The van der Waals surface area contributed by atoms with Gasteiger partial charge in [-0.3, -0.25) is 4.79 Å². The molecule has 5 aliphatic rings. The first-order chi connectivity index (χ1) is 16.5. The summed E-state index contributed by atoms with van der Waals surface area (Å²) in [7, 11) is 0. The summed E-state index contributed by atoms with van der Waals surface area (Å²) >= 11 is 0. The number of amides is 1. The van der Waals surface area contributed by atoms with E-state index in [2.05, 4.69) is 26.3 Å². The third-order valence-corrected chi connectivity index (χ3v) is 8.55. The molecule has 1 amide bonds. The summed E-state index contributed by atoms with van der Waals surface area (Å²) in [5.74, 6) is 3.83. The van der Waals surface area contributed by atoms with Gasteiger partial charge in [-0.05, 0) is 92.9 Å². The quantitative estimate of drug-likeness (QED) is 0.405. The van der Waals surface area contributed by atoms with E-state index in [-0.39, 0.29) is 0 Å². The standard InChI is InChI=1S/C25H34N8O/c1-14-2-3-17(21(26)34)9-20(14)30-24-32-22(31-23(33-24)29-19-4-5-27-12-19)28-13-25-10-15-6-16(11-25)8-18(25)7-15/h2-3,9,15-16,18-19,27H,4-8,10-13H2,1H3,(H2,26,34)(H3,28,29,30,31,32,33)/t15?,16?,18?,19-,25?/m0/s1. The third kappa shape index (κ3) is 4.06. The molecule has 4 saturated carbocycles. The Kier molecular flexibility index (Phi) is 5.32. The number of hydrogen-bond acceptors (Lipinski definition) is 8. The summed E-state index contributed by atoms with van der Waals surface area (Å²) in [6.07, 6.45) is 7.96. The molecule has 2 unspecified atom stereocenters. The second-order valence-electron chi connectivity index (χ2n) is 10.9. The number of rotatable bonds is 8. The predicted octanol–water partition coefficient (Wildman–Crippen LogP) is 3.03. The van der Waals surface area contributed by atoms with Crippen molar-refractivity contribution in [3.8, 4) is 0 Å². The maximum Gasteiger partial charge on any atom is 0.248 e. The van der Waals surface area contributed by atoms with Crippen LogP contribution in [0.5, 0.6) is 0 Å². The highest BCUT2D eigenvalue weighted by atomic mass is 16.1. The summed E-state index contributed by atoms with van der Waals surface area (Å²) in [6.45, 7) is 4.78. The Morgan fingerprint density at radius 3 is 2.62 bits per heavy atom. The van der Waals surface area contributed by atoms with Crippen molar-refractivity contribution in [3.05, 3.63) is 29.3 Å². The summed E-state index contributed by atoms with van der Waals surface area (Å²) in [5.41, 5.74) is 8.07. The van der Waals surface area contributed by atoms with Gasteiger partial charge < -0.3 is 27.0 Å². The van der Waals surface area contributed by atoms with E-state index in [1.54, 1.807) is 12.1 Å². The third-order valence-electron chi connectivity index (χ3n) is 8.55. The van der Waals surface area contributed by atoms with Gasteiger partial charge in [0.15, 0.2) is 0 Å². The zero-order valence-corrected chi connectivity index (χ0v) is 19.7. The van der Waals surface area contributed by atoms with Crippen molar-refractivity contribution in [2.45, 2.75) is 51.5 Å². The van der Waals surface area contributed by atoms with E-state index >= 15 is 0 Å². The second kappa shape index (κ2) is 8.37. The normalized spacial score (nSPS) is 31.1. The molecule has 34 heavy (non-hydrogen) atoms. The molecule has 7 rings (SSSR count). The van der Waals surface area contributed by atoms with Gasteiger partial charge in [0.1, 0.15) is 0 Å². The van der Waals surface area contributed by atoms with Gasteiger partial charge in [-0.15, -0.1) is 0 Å². The van der Waals surface area contributed by atoms with Crippen LogP contribution in [0.1, 0.15) is 54.4 Å². The van der Waals surface area contributed by atoms with E-state index in [0.29, 0.717) is 34.9 Å². The van der Waals surface area contributed by atoms with Gasteiger partial charge in [-0.25, -0.2) is 0 Å². The number of nitrogens with two attached hydrogens (primary N) is 1. The Balaban J connectivity index is 1.25. The van der Waals surface area contributed by atoms with Crippen LogP contribution in [0.2, 0.25) is 0 Å². The molecule has 6 N–H and O–H groups in total. The van der Waals surface area contributed by atoms with Gasteiger partial charge in [0.05, 0.1) is 0 Å². The topological polar surface area (TPSA) is 130 Å². The number of carbonyl (C=O) groups excluding carboxylic acids is 1. The van der Waals surface area contributed by atoms with Crippen LogP contribution >= 0.6 is 0 Å². The molecule has 5 fully saturated rings. The Bertz CT molecular complexity index is 1080. The minimum absolute atomic E-state index is 0.294. The minimum atomic E-state index is -0.461. The molecule has 1 aromatic heterocycles. The van der Waals surface area contributed by atoms with Gasteiger partial charge in [0.2, 0.25) is 23.8 Å². The van der Waals surface area contributed by atoms with Crippen molar-refractivity contribution in [3.63, 3.8) is 0 Å². The number of benzene rings is 1. The van der Waals surface area contributed by atoms with Crippen LogP contribution in [0.4, 0.5) is 23.5 Å². The van der Waals surface area contributed by atoms with Gasteiger partial charge >= 0.3 is 0 Å². The second-order valence-corrected chi connectivity index (χ2v) is 10.9. The van der Waals surface area contributed by atoms with Crippen molar-refractivity contribution in [1.29, 1.82) is 0 Å². The number of nitrogens with one attached hydrogen (secondary N) is 4. The number of aryl methyl sites for hydroxylation is 1. The van der Waals surface area contributed by atoms with E-state index in [4.69, 9.17) is 15.7 Å². The average molecular weight is 463 g/mol. The van der Waals surface area contributed by atoms with E-state index in [1.165, 1.54) is 32.1 Å². The van der Waals surface area contributed by atoms with Gasteiger partial charge in [-0.2, -0.15) is 15.0 Å². The SMILES string of the molecule is Cc1ccc(C(N)=O)cc1Nc1nc(NCC23CC4CC(CC2C4)C3)nc(N[C@H]2CCNC2)n1.